The fourth-order valence-corrected chi connectivity index (χ4v) is 2.37. The van der Waals surface area contributed by atoms with Crippen molar-refractivity contribution in [2.75, 3.05) is 13.2 Å². The van der Waals surface area contributed by atoms with Crippen LogP contribution in [-0.2, 0) is 9.53 Å². The average Bonchev–Trinajstić information content (AvgIpc) is 2.39. The summed E-state index contributed by atoms with van der Waals surface area (Å²) in [4.78, 5) is 11.1. The molecule has 0 aromatic rings. The summed E-state index contributed by atoms with van der Waals surface area (Å²) >= 11 is 0. The van der Waals surface area contributed by atoms with Crippen molar-refractivity contribution in [2.45, 2.75) is 30.8 Å². The van der Waals surface area contributed by atoms with Gasteiger partial charge in [0.25, 0.3) is 0 Å². The molecule has 1 atom stereocenters. The quantitative estimate of drug-likeness (QED) is 0.719. The maximum Gasteiger partial charge on any atom is 0.312 e. The number of aliphatic carboxylic acids is 1. The Morgan fingerprint density at radius 2 is 1.87 bits per heavy atom. The van der Waals surface area contributed by atoms with E-state index in [2.05, 4.69) is 0 Å². The molecular formula is C9H12F2O4. The van der Waals surface area contributed by atoms with Gasteiger partial charge in [-0.15, -0.1) is 0 Å². The monoisotopic (exact) mass is 222 g/mol. The van der Waals surface area contributed by atoms with Gasteiger partial charge in [-0.05, 0) is 6.42 Å². The predicted molar refractivity (Wildman–Crippen MR) is 44.6 cm³/mol. The smallest absolute Gasteiger partial charge is 0.312 e. The first-order valence-electron chi connectivity index (χ1n) is 4.73. The Hall–Kier alpha value is -0.750. The van der Waals surface area contributed by atoms with Gasteiger partial charge in [-0.3, -0.25) is 4.79 Å². The van der Waals surface area contributed by atoms with Crippen LogP contribution in [0.4, 0.5) is 8.78 Å². The van der Waals surface area contributed by atoms with Crippen LogP contribution in [0.5, 0.6) is 0 Å². The number of carbonyl (C=O) groups is 1. The number of carboxylic acids is 1. The molecule has 2 aliphatic rings. The number of aliphatic hydroxyl groups is 1. The molecule has 4 nitrogen and oxygen atoms in total. The van der Waals surface area contributed by atoms with Gasteiger partial charge in [0.2, 0.25) is 5.92 Å². The largest absolute Gasteiger partial charge is 0.481 e. The Kier molecular flexibility index (Phi) is 2.07. The van der Waals surface area contributed by atoms with Gasteiger partial charge in [0.05, 0.1) is 13.2 Å². The van der Waals surface area contributed by atoms with Gasteiger partial charge in [0.1, 0.15) is 11.0 Å². The third-order valence-corrected chi connectivity index (χ3v) is 3.46. The summed E-state index contributed by atoms with van der Waals surface area (Å²) < 4.78 is 30.9. The summed E-state index contributed by atoms with van der Waals surface area (Å²) in [5, 5.41) is 19.0. The van der Waals surface area contributed by atoms with E-state index in [0.717, 1.165) is 0 Å². The van der Waals surface area contributed by atoms with Gasteiger partial charge >= 0.3 is 5.97 Å². The minimum Gasteiger partial charge on any atom is -0.481 e. The first-order valence-corrected chi connectivity index (χ1v) is 4.73. The predicted octanol–water partition coefficient (Wildman–Crippen LogP) is 0.638. The zero-order valence-electron chi connectivity index (χ0n) is 8.00. The van der Waals surface area contributed by atoms with Gasteiger partial charge in [-0.1, -0.05) is 0 Å². The first-order chi connectivity index (χ1) is 6.81. The molecule has 6 heteroatoms. The Bertz CT molecular complexity index is 300. The van der Waals surface area contributed by atoms with Crippen LogP contribution in [0.25, 0.3) is 0 Å². The van der Waals surface area contributed by atoms with Crippen LogP contribution in [0.3, 0.4) is 0 Å². The molecule has 1 aliphatic carbocycles. The Labute approximate surface area is 84.8 Å². The molecule has 0 aromatic carbocycles. The molecule has 0 spiro atoms. The Morgan fingerprint density at radius 1 is 1.27 bits per heavy atom. The van der Waals surface area contributed by atoms with E-state index in [-0.39, 0.29) is 19.6 Å². The van der Waals surface area contributed by atoms with Gasteiger partial charge in [-0.25, -0.2) is 8.78 Å². The highest BCUT2D eigenvalue weighted by molar-refractivity contribution is 5.77. The lowest BCUT2D eigenvalue weighted by Gasteiger charge is -2.47. The van der Waals surface area contributed by atoms with Crippen LogP contribution in [0.2, 0.25) is 0 Å². The summed E-state index contributed by atoms with van der Waals surface area (Å²) in [6.07, 6.45) is -1.48. The number of hydrogen-bond acceptors (Lipinski definition) is 3. The zero-order valence-corrected chi connectivity index (χ0v) is 8.00. The second-order valence-electron chi connectivity index (χ2n) is 4.44. The second kappa shape index (κ2) is 2.89. The number of rotatable bonds is 2. The second-order valence-corrected chi connectivity index (χ2v) is 4.44. The SMILES string of the molecule is O=C(O)C1(C2(O)COC2)CCC(F)(F)C1. The molecule has 2 rings (SSSR count). The van der Waals surface area contributed by atoms with E-state index < -0.39 is 35.7 Å². The van der Waals surface area contributed by atoms with E-state index in [4.69, 9.17) is 9.84 Å². The molecule has 2 N–H and O–H groups in total. The van der Waals surface area contributed by atoms with Crippen LogP contribution in [0.15, 0.2) is 0 Å². The third kappa shape index (κ3) is 1.35. The topological polar surface area (TPSA) is 66.8 Å². The molecule has 0 aromatic heterocycles. The highest BCUT2D eigenvalue weighted by Gasteiger charge is 2.67. The van der Waals surface area contributed by atoms with E-state index in [1.165, 1.54) is 0 Å². The highest BCUT2D eigenvalue weighted by Crippen LogP contribution is 2.55. The van der Waals surface area contributed by atoms with Crippen molar-refractivity contribution in [3.8, 4) is 0 Å². The van der Waals surface area contributed by atoms with Gasteiger partial charge < -0.3 is 14.9 Å². The summed E-state index contributed by atoms with van der Waals surface area (Å²) in [6.45, 7) is -0.342. The molecule has 1 saturated heterocycles. The lowest BCUT2D eigenvalue weighted by molar-refractivity contribution is -0.247. The normalized spacial score (nSPS) is 37.3. The lowest BCUT2D eigenvalue weighted by Crippen LogP contribution is -2.64. The maximum atomic E-state index is 13.1. The number of carboxylic acid groups (broad SMARTS) is 1. The van der Waals surface area contributed by atoms with Crippen LogP contribution in [-0.4, -0.2) is 40.9 Å². The molecule has 1 aliphatic heterocycles. The molecule has 2 fully saturated rings. The molecule has 1 saturated carbocycles. The van der Waals surface area contributed by atoms with E-state index in [1.54, 1.807) is 0 Å². The Morgan fingerprint density at radius 3 is 2.13 bits per heavy atom. The van der Waals surface area contributed by atoms with Crippen molar-refractivity contribution in [1.29, 1.82) is 0 Å². The minimum absolute atomic E-state index is 0.171. The number of ether oxygens (including phenoxy) is 1. The molecule has 86 valence electrons. The fourth-order valence-electron chi connectivity index (χ4n) is 2.37. The van der Waals surface area contributed by atoms with Crippen molar-refractivity contribution in [1.82, 2.24) is 0 Å². The summed E-state index contributed by atoms with van der Waals surface area (Å²) in [5.74, 6) is -4.35. The van der Waals surface area contributed by atoms with Gasteiger partial charge in [0, 0.05) is 12.8 Å². The molecule has 1 heterocycles. The minimum atomic E-state index is -3.00. The number of halogens is 2. The van der Waals surface area contributed by atoms with Crippen LogP contribution >= 0.6 is 0 Å². The zero-order chi connectivity index (χ0) is 11.3. The van der Waals surface area contributed by atoms with Crippen molar-refractivity contribution < 1.29 is 28.5 Å². The highest BCUT2D eigenvalue weighted by atomic mass is 19.3. The van der Waals surface area contributed by atoms with Crippen LogP contribution in [0, 0.1) is 5.41 Å². The Balaban J connectivity index is 2.31. The van der Waals surface area contributed by atoms with Gasteiger partial charge in [0.15, 0.2) is 0 Å². The summed E-state index contributed by atoms with van der Waals surface area (Å²) in [6, 6.07) is 0. The number of hydrogen-bond donors (Lipinski definition) is 2. The standard InChI is InChI=1S/C9H12F2O4/c10-9(11)2-1-7(3-9,6(12)13)8(14)4-15-5-8/h14H,1-5H2,(H,12,13). The summed E-state index contributed by atoms with van der Waals surface area (Å²) in [5.41, 5.74) is -3.37. The van der Waals surface area contributed by atoms with E-state index >= 15 is 0 Å². The average molecular weight is 222 g/mol. The third-order valence-electron chi connectivity index (χ3n) is 3.46. The fraction of sp³-hybridized carbons (Fsp3) is 0.889. The van der Waals surface area contributed by atoms with Crippen LogP contribution < -0.4 is 0 Å². The first kappa shape index (κ1) is 10.8. The number of alkyl halides is 2. The van der Waals surface area contributed by atoms with Crippen LogP contribution in [0.1, 0.15) is 19.3 Å². The molecule has 1 unspecified atom stereocenters. The molecular weight excluding hydrogens is 210 g/mol. The van der Waals surface area contributed by atoms with Gasteiger partial charge in [-0.2, -0.15) is 0 Å². The molecule has 0 radical (unpaired) electrons. The molecule has 0 amide bonds. The van der Waals surface area contributed by atoms with E-state index in [1.807, 2.05) is 0 Å². The van der Waals surface area contributed by atoms with Crippen molar-refractivity contribution in [3.05, 3.63) is 0 Å². The van der Waals surface area contributed by atoms with E-state index in [9.17, 15) is 18.7 Å². The molecule has 0 bridgehead atoms. The van der Waals surface area contributed by atoms with Crippen molar-refractivity contribution >= 4 is 5.97 Å². The van der Waals surface area contributed by atoms with Crippen molar-refractivity contribution in [3.63, 3.8) is 0 Å². The van der Waals surface area contributed by atoms with Crippen molar-refractivity contribution in [2.24, 2.45) is 5.41 Å². The maximum absolute atomic E-state index is 13.1. The lowest BCUT2D eigenvalue weighted by atomic mass is 9.69. The molecule has 15 heavy (non-hydrogen) atoms. The summed E-state index contributed by atoms with van der Waals surface area (Å²) in [7, 11) is 0. The van der Waals surface area contributed by atoms with E-state index in [0.29, 0.717) is 0 Å².